The Kier molecular flexibility index (Phi) is 6.25. The van der Waals surface area contributed by atoms with Gasteiger partial charge in [0, 0.05) is 29.6 Å². The maximum atomic E-state index is 11.5. The van der Waals surface area contributed by atoms with E-state index in [1.165, 1.54) is 0 Å². The van der Waals surface area contributed by atoms with Crippen LogP contribution < -0.4 is 4.74 Å². The van der Waals surface area contributed by atoms with E-state index in [1.54, 1.807) is 18.2 Å². The molecule has 0 spiro atoms. The first kappa shape index (κ1) is 21.6. The van der Waals surface area contributed by atoms with Crippen molar-refractivity contribution in [3.8, 4) is 5.75 Å². The summed E-state index contributed by atoms with van der Waals surface area (Å²) in [6, 6.07) is 14.7. The summed E-state index contributed by atoms with van der Waals surface area (Å²) in [6.07, 6.45) is 1.96. The third-order valence-corrected chi connectivity index (χ3v) is 5.30. The number of aliphatic hydroxyl groups excluding tert-OH is 1. The van der Waals surface area contributed by atoms with Crippen molar-refractivity contribution >= 4 is 16.9 Å². The molecule has 8 heteroatoms. The number of carbonyl (C=O) groups excluding carboxylic acids is 1. The van der Waals surface area contributed by atoms with E-state index in [1.807, 2.05) is 50.4 Å². The highest BCUT2D eigenvalue weighted by Gasteiger charge is 2.19. The number of ether oxygens (including phenoxy) is 1. The fraction of sp³-hybridized carbons (Fsp3) is 0.250. The highest BCUT2D eigenvalue weighted by molar-refractivity contribution is 5.89. The van der Waals surface area contributed by atoms with Gasteiger partial charge in [-0.1, -0.05) is 31.1 Å². The molecule has 0 saturated heterocycles. The first-order chi connectivity index (χ1) is 15.5. The second kappa shape index (κ2) is 9.25. The highest BCUT2D eigenvalue weighted by Crippen LogP contribution is 2.27. The van der Waals surface area contributed by atoms with Gasteiger partial charge in [0.25, 0.3) is 0 Å². The van der Waals surface area contributed by atoms with Gasteiger partial charge in [-0.15, -0.1) is 0 Å². The average molecular weight is 436 g/mol. The standard InChI is InChI=1S/C24H24N2O6/c1-15(2)23-20(21(13-27)25-31-23)14-30-19-6-7-22-17(11-19)8-9-26(22)12-16-4-3-5-18(10-16)24(28)32-29/h3-11,15,27,29H,12-14H2,1-2H3. The molecule has 2 heterocycles. The van der Waals surface area contributed by atoms with Crippen LogP contribution in [0.4, 0.5) is 0 Å². The summed E-state index contributed by atoms with van der Waals surface area (Å²) in [6.45, 7) is 4.61. The van der Waals surface area contributed by atoms with E-state index in [0.717, 1.165) is 22.0 Å². The molecule has 2 aromatic heterocycles. The van der Waals surface area contributed by atoms with Crippen molar-refractivity contribution in [2.24, 2.45) is 0 Å². The van der Waals surface area contributed by atoms with Crippen LogP contribution in [0.15, 0.2) is 59.3 Å². The molecule has 0 aliphatic heterocycles. The van der Waals surface area contributed by atoms with Gasteiger partial charge < -0.3 is 18.9 Å². The SMILES string of the molecule is CC(C)c1onc(CO)c1COc1ccc2c(ccn2Cc2cccc(C(=O)OO)c2)c1. The van der Waals surface area contributed by atoms with Gasteiger partial charge in [-0.25, -0.2) is 4.79 Å². The Hall–Kier alpha value is -3.62. The largest absolute Gasteiger partial charge is 0.489 e. The van der Waals surface area contributed by atoms with Gasteiger partial charge in [0.1, 0.15) is 23.8 Å². The molecule has 0 radical (unpaired) electrons. The molecule has 0 bridgehead atoms. The summed E-state index contributed by atoms with van der Waals surface area (Å²) in [4.78, 5) is 15.4. The third kappa shape index (κ3) is 4.37. The van der Waals surface area contributed by atoms with E-state index in [-0.39, 0.29) is 24.7 Å². The summed E-state index contributed by atoms with van der Waals surface area (Å²) >= 11 is 0. The van der Waals surface area contributed by atoms with Gasteiger partial charge in [-0.05, 0) is 42.0 Å². The minimum absolute atomic E-state index is 0.135. The average Bonchev–Trinajstić information content (AvgIpc) is 3.41. The van der Waals surface area contributed by atoms with Crippen LogP contribution in [0.1, 0.15) is 52.7 Å². The Morgan fingerprint density at radius 2 is 2.03 bits per heavy atom. The molecule has 8 nitrogen and oxygen atoms in total. The Morgan fingerprint density at radius 1 is 1.19 bits per heavy atom. The number of rotatable bonds is 8. The zero-order valence-corrected chi connectivity index (χ0v) is 17.8. The molecule has 4 rings (SSSR count). The van der Waals surface area contributed by atoms with Crippen molar-refractivity contribution in [1.82, 2.24) is 9.72 Å². The van der Waals surface area contributed by atoms with Crippen LogP contribution >= 0.6 is 0 Å². The number of hydrogen-bond acceptors (Lipinski definition) is 7. The second-order valence-corrected chi connectivity index (χ2v) is 7.82. The van der Waals surface area contributed by atoms with E-state index in [9.17, 15) is 9.90 Å². The smallest absolute Gasteiger partial charge is 0.372 e. The molecule has 166 valence electrons. The lowest BCUT2D eigenvalue weighted by molar-refractivity contribution is -0.182. The van der Waals surface area contributed by atoms with Gasteiger partial charge >= 0.3 is 5.97 Å². The molecule has 0 atom stereocenters. The van der Waals surface area contributed by atoms with E-state index < -0.39 is 5.97 Å². The Bertz CT molecular complexity index is 1240. The normalized spacial score (nSPS) is 11.3. The van der Waals surface area contributed by atoms with Crippen molar-refractivity contribution in [3.63, 3.8) is 0 Å². The first-order valence-corrected chi connectivity index (χ1v) is 10.2. The van der Waals surface area contributed by atoms with E-state index >= 15 is 0 Å². The zero-order chi connectivity index (χ0) is 22.7. The lowest BCUT2D eigenvalue weighted by atomic mass is 10.1. The molecule has 0 saturated carbocycles. The fourth-order valence-corrected chi connectivity index (χ4v) is 3.70. The lowest BCUT2D eigenvalue weighted by Crippen LogP contribution is -2.04. The van der Waals surface area contributed by atoms with Crippen LogP contribution in [0.2, 0.25) is 0 Å². The molecular formula is C24H24N2O6. The lowest BCUT2D eigenvalue weighted by Gasteiger charge is -2.10. The highest BCUT2D eigenvalue weighted by atomic mass is 17.1. The number of aromatic nitrogens is 2. The number of fused-ring (bicyclic) bond motifs is 1. The minimum atomic E-state index is -0.788. The quantitative estimate of drug-likeness (QED) is 0.309. The molecular weight excluding hydrogens is 412 g/mol. The molecule has 0 fully saturated rings. The molecule has 0 unspecified atom stereocenters. The number of aliphatic hydroxyl groups is 1. The van der Waals surface area contributed by atoms with Crippen molar-refractivity contribution < 1.29 is 29.3 Å². The summed E-state index contributed by atoms with van der Waals surface area (Å²) in [5.74, 6) is 0.760. The Balaban J connectivity index is 1.52. The van der Waals surface area contributed by atoms with Crippen LogP contribution in [-0.2, 0) is 24.6 Å². The minimum Gasteiger partial charge on any atom is -0.489 e. The van der Waals surface area contributed by atoms with Gasteiger partial charge in [0.2, 0.25) is 0 Å². The number of benzene rings is 2. The third-order valence-electron chi connectivity index (χ3n) is 5.30. The van der Waals surface area contributed by atoms with Gasteiger partial charge in [0.05, 0.1) is 17.7 Å². The number of nitrogens with zero attached hydrogens (tertiary/aromatic N) is 2. The van der Waals surface area contributed by atoms with Crippen molar-refractivity contribution in [2.75, 3.05) is 0 Å². The Labute approximate surface area is 184 Å². The van der Waals surface area contributed by atoms with Crippen molar-refractivity contribution in [1.29, 1.82) is 0 Å². The molecule has 2 N–H and O–H groups in total. The first-order valence-electron chi connectivity index (χ1n) is 10.2. The van der Waals surface area contributed by atoms with Crippen LogP contribution in [0.25, 0.3) is 10.9 Å². The van der Waals surface area contributed by atoms with Gasteiger partial charge in [-0.2, -0.15) is 5.26 Å². The summed E-state index contributed by atoms with van der Waals surface area (Å²) in [7, 11) is 0. The summed E-state index contributed by atoms with van der Waals surface area (Å²) in [5.41, 5.74) is 3.47. The Morgan fingerprint density at radius 3 is 2.78 bits per heavy atom. The summed E-state index contributed by atoms with van der Waals surface area (Å²) < 4.78 is 13.4. The van der Waals surface area contributed by atoms with Crippen LogP contribution in [-0.4, -0.2) is 26.1 Å². The molecule has 2 aromatic carbocycles. The maximum Gasteiger partial charge on any atom is 0.372 e. The van der Waals surface area contributed by atoms with Crippen molar-refractivity contribution in [3.05, 3.63) is 82.9 Å². The summed E-state index contributed by atoms with van der Waals surface area (Å²) in [5, 5.41) is 23.0. The molecule has 0 aliphatic rings. The predicted octanol–water partition coefficient (Wildman–Crippen LogP) is 4.50. The van der Waals surface area contributed by atoms with Crippen molar-refractivity contribution in [2.45, 2.75) is 39.5 Å². The van der Waals surface area contributed by atoms with E-state index in [4.69, 9.17) is 14.5 Å². The van der Waals surface area contributed by atoms with Crippen LogP contribution in [0.3, 0.4) is 0 Å². The monoisotopic (exact) mass is 436 g/mol. The van der Waals surface area contributed by atoms with Gasteiger partial charge in [-0.3, -0.25) is 4.89 Å². The zero-order valence-electron chi connectivity index (χ0n) is 17.8. The maximum absolute atomic E-state index is 11.5. The van der Waals surface area contributed by atoms with Crippen LogP contribution in [0.5, 0.6) is 5.75 Å². The predicted molar refractivity (Wildman–Crippen MR) is 116 cm³/mol. The fourth-order valence-electron chi connectivity index (χ4n) is 3.70. The topological polar surface area (TPSA) is 107 Å². The number of carbonyl (C=O) groups is 1. The molecule has 32 heavy (non-hydrogen) atoms. The second-order valence-electron chi connectivity index (χ2n) is 7.82. The number of hydrogen-bond donors (Lipinski definition) is 2. The van der Waals surface area contributed by atoms with E-state index in [2.05, 4.69) is 14.6 Å². The molecule has 0 amide bonds. The van der Waals surface area contributed by atoms with E-state index in [0.29, 0.717) is 23.7 Å². The van der Waals surface area contributed by atoms with Gasteiger partial charge in [0.15, 0.2) is 0 Å². The van der Waals surface area contributed by atoms with Crippen LogP contribution in [0, 0.1) is 0 Å². The molecule has 0 aliphatic carbocycles. The molecule has 4 aromatic rings.